The van der Waals surface area contributed by atoms with Gasteiger partial charge in [0.05, 0.1) is 17.3 Å². The van der Waals surface area contributed by atoms with Crippen molar-refractivity contribution in [1.82, 2.24) is 0 Å². The number of nitrogens with one attached hydrogen (secondary N) is 1. The minimum absolute atomic E-state index is 0.107. The molecule has 1 aromatic rings. The smallest absolute Gasteiger partial charge is 0.336 e. The molecule has 9 heteroatoms. The molecular weight excluding hydrogens is 662 g/mol. The van der Waals surface area contributed by atoms with Crippen molar-refractivity contribution in [3.05, 3.63) is 40.4 Å². The van der Waals surface area contributed by atoms with Crippen LogP contribution in [0.4, 0.5) is 5.69 Å². The molecule has 0 amide bonds. The number of cyclic esters (lactones) is 1. The summed E-state index contributed by atoms with van der Waals surface area (Å²) in [5.41, 5.74) is 2.19. The fourth-order valence-corrected chi connectivity index (χ4v) is 16.4. The summed E-state index contributed by atoms with van der Waals surface area (Å²) in [6, 6.07) is 8.26. The Balaban J connectivity index is 1.52. The molecule has 0 bridgehead atoms. The third-order valence-electron chi connectivity index (χ3n) is 12.6. The third kappa shape index (κ3) is 6.16. The number of hydrogen-bond donors (Lipinski definition) is 1. The van der Waals surface area contributed by atoms with Crippen LogP contribution in [0.15, 0.2) is 40.4 Å². The van der Waals surface area contributed by atoms with E-state index in [2.05, 4.69) is 88.8 Å². The first kappa shape index (κ1) is 35.6. The fourth-order valence-electron chi connectivity index (χ4n) is 10.6. The van der Waals surface area contributed by atoms with Gasteiger partial charge in [-0.3, -0.25) is 4.79 Å². The third-order valence-corrected chi connectivity index (χ3v) is 19.2. The van der Waals surface area contributed by atoms with E-state index < -0.39 is 13.9 Å². The van der Waals surface area contributed by atoms with Gasteiger partial charge >= 0.3 is 11.9 Å². The summed E-state index contributed by atoms with van der Waals surface area (Å²) in [6.07, 6.45) is 5.67. The van der Waals surface area contributed by atoms with Crippen molar-refractivity contribution >= 4 is 41.9 Å². The predicted molar refractivity (Wildman–Crippen MR) is 188 cm³/mol. The second-order valence-electron chi connectivity index (χ2n) is 15.9. The lowest BCUT2D eigenvalue weighted by atomic mass is 9.44. The summed E-state index contributed by atoms with van der Waals surface area (Å²) in [4.78, 5) is 25.3. The molecule has 256 valence electrons. The van der Waals surface area contributed by atoms with E-state index in [4.69, 9.17) is 18.6 Å². The molecule has 5 rings (SSSR count). The zero-order chi connectivity index (χ0) is 33.7. The van der Waals surface area contributed by atoms with E-state index >= 15 is 0 Å². The summed E-state index contributed by atoms with van der Waals surface area (Å²) in [5.74, 6) is -0.0231. The molecule has 2 heterocycles. The van der Waals surface area contributed by atoms with Gasteiger partial charge in [0.15, 0.2) is 8.32 Å². The molecule has 46 heavy (non-hydrogen) atoms. The van der Waals surface area contributed by atoms with Gasteiger partial charge in [0.2, 0.25) is 0 Å². The van der Waals surface area contributed by atoms with Gasteiger partial charge in [0.1, 0.15) is 12.7 Å². The van der Waals surface area contributed by atoms with Gasteiger partial charge in [-0.25, -0.2) is 4.79 Å². The number of anilines is 1. The van der Waals surface area contributed by atoms with Crippen LogP contribution in [0.2, 0.25) is 16.6 Å². The van der Waals surface area contributed by atoms with Crippen LogP contribution in [0, 0.1) is 22.7 Å². The lowest BCUT2D eigenvalue weighted by Crippen LogP contribution is -2.64. The van der Waals surface area contributed by atoms with Gasteiger partial charge in [-0.2, -0.15) is 0 Å². The Morgan fingerprint density at radius 1 is 1.02 bits per heavy atom. The summed E-state index contributed by atoms with van der Waals surface area (Å²) in [6.45, 7) is 21.8. The van der Waals surface area contributed by atoms with Crippen LogP contribution in [0.1, 0.15) is 94.4 Å². The maximum atomic E-state index is 12.8. The standard InChI is InChI=1S/C37H56BrNO6Si/c1-23(2)46(24(3)4,25(5)6)43-22-36(9)31-14-18-37(21-39-28-12-10-27(38)11-13-28)32(20-30(45-37)29-16-19-42-34(29)41)35(31,8)17-15-33(36)44-26(7)40/h10-13,16,23-25,30-33,39H,14-15,17-22H2,1-9H3/t30-,31-,32-,33+,35+,36-,37+/m0/s1. The zero-order valence-electron chi connectivity index (χ0n) is 29.4. The quantitative estimate of drug-likeness (QED) is 0.181. The number of carbonyl (C=O) groups excluding carboxylic acids is 2. The van der Waals surface area contributed by atoms with E-state index in [-0.39, 0.29) is 46.8 Å². The van der Waals surface area contributed by atoms with Crippen molar-refractivity contribution in [1.29, 1.82) is 0 Å². The molecule has 7 nitrogen and oxygen atoms in total. The molecular formula is C37H56BrNO6Si. The van der Waals surface area contributed by atoms with Gasteiger partial charge in [0, 0.05) is 35.7 Å². The molecule has 0 radical (unpaired) electrons. The maximum Gasteiger partial charge on any atom is 0.336 e. The Hall–Kier alpha value is -1.68. The van der Waals surface area contributed by atoms with E-state index in [1.165, 1.54) is 6.92 Å². The molecule has 2 saturated carbocycles. The minimum atomic E-state index is -2.18. The van der Waals surface area contributed by atoms with Crippen molar-refractivity contribution in [2.24, 2.45) is 22.7 Å². The van der Waals surface area contributed by atoms with E-state index in [0.717, 1.165) is 42.3 Å². The number of hydrogen-bond acceptors (Lipinski definition) is 7. The molecule has 4 aliphatic rings. The van der Waals surface area contributed by atoms with Crippen molar-refractivity contribution in [2.45, 2.75) is 129 Å². The lowest BCUT2D eigenvalue weighted by molar-refractivity contribution is -0.209. The maximum absolute atomic E-state index is 12.8. The van der Waals surface area contributed by atoms with E-state index in [1.807, 2.05) is 18.2 Å². The normalized spacial score (nSPS) is 34.4. The van der Waals surface area contributed by atoms with E-state index in [1.54, 1.807) is 0 Å². The summed E-state index contributed by atoms with van der Waals surface area (Å²) in [5, 5.41) is 3.71. The highest BCUT2D eigenvalue weighted by atomic mass is 79.9. The number of ether oxygens (including phenoxy) is 3. The van der Waals surface area contributed by atoms with Gasteiger partial charge in [0.25, 0.3) is 0 Å². The molecule has 7 atom stereocenters. The molecule has 1 aromatic carbocycles. The zero-order valence-corrected chi connectivity index (χ0v) is 32.0. The summed E-state index contributed by atoms with van der Waals surface area (Å²) >= 11 is 3.55. The number of benzene rings is 1. The highest BCUT2D eigenvalue weighted by Crippen LogP contribution is 2.67. The molecule has 2 aliphatic carbocycles. The second kappa shape index (κ2) is 13.3. The van der Waals surface area contributed by atoms with Crippen LogP contribution in [-0.2, 0) is 28.2 Å². The van der Waals surface area contributed by atoms with Crippen molar-refractivity contribution in [2.75, 3.05) is 25.1 Å². The predicted octanol–water partition coefficient (Wildman–Crippen LogP) is 8.83. The SMILES string of the molecule is CC(=O)O[C@@H]1CC[C@]2(C)[C@H](CC[C@]3(CNc4ccc(Br)cc4)O[C@H](C4=CCOC4=O)C[C@H]32)[C@]1(C)CO[Si](C(C)C)(C(C)C)C(C)C. The Morgan fingerprint density at radius 3 is 2.24 bits per heavy atom. The van der Waals surface area contributed by atoms with Crippen LogP contribution >= 0.6 is 15.9 Å². The van der Waals surface area contributed by atoms with Gasteiger partial charge in [-0.1, -0.05) is 71.3 Å². The second-order valence-corrected chi connectivity index (χ2v) is 22.3. The average Bonchev–Trinajstić information content (AvgIpc) is 3.58. The van der Waals surface area contributed by atoms with Gasteiger partial charge < -0.3 is 24.0 Å². The number of rotatable bonds is 11. The largest absolute Gasteiger partial charge is 0.462 e. The summed E-state index contributed by atoms with van der Waals surface area (Å²) in [7, 11) is -2.18. The number of halogens is 1. The molecule has 0 unspecified atom stereocenters. The van der Waals surface area contributed by atoms with Crippen LogP contribution < -0.4 is 5.32 Å². The van der Waals surface area contributed by atoms with Crippen LogP contribution in [-0.4, -0.2) is 57.8 Å². The monoisotopic (exact) mass is 717 g/mol. The van der Waals surface area contributed by atoms with Crippen molar-refractivity contribution in [3.8, 4) is 0 Å². The van der Waals surface area contributed by atoms with Gasteiger partial charge in [-0.05, 0) is 96.3 Å². The Bertz CT molecular complexity index is 1290. The minimum Gasteiger partial charge on any atom is -0.462 e. The Kier molecular flexibility index (Phi) is 10.3. The van der Waals surface area contributed by atoms with Crippen LogP contribution in [0.25, 0.3) is 0 Å². The fraction of sp³-hybridized carbons (Fsp3) is 0.730. The first-order valence-electron chi connectivity index (χ1n) is 17.4. The molecule has 0 aromatic heterocycles. The number of esters is 2. The molecule has 2 aliphatic heterocycles. The van der Waals surface area contributed by atoms with Crippen molar-refractivity contribution < 1.29 is 28.2 Å². The molecule has 0 spiro atoms. The topological polar surface area (TPSA) is 83.1 Å². The van der Waals surface area contributed by atoms with E-state index in [0.29, 0.717) is 42.0 Å². The molecule has 1 N–H and O–H groups in total. The van der Waals surface area contributed by atoms with Gasteiger partial charge in [-0.15, -0.1) is 0 Å². The van der Waals surface area contributed by atoms with Crippen LogP contribution in [0.3, 0.4) is 0 Å². The highest BCUT2D eigenvalue weighted by Gasteiger charge is 2.67. The van der Waals surface area contributed by atoms with Crippen molar-refractivity contribution in [3.63, 3.8) is 0 Å². The van der Waals surface area contributed by atoms with E-state index in [9.17, 15) is 9.59 Å². The highest BCUT2D eigenvalue weighted by molar-refractivity contribution is 9.10. The molecule has 1 saturated heterocycles. The molecule has 3 fully saturated rings. The Labute approximate surface area is 286 Å². The number of carbonyl (C=O) groups is 2. The van der Waals surface area contributed by atoms with Crippen LogP contribution in [0.5, 0.6) is 0 Å². The average molecular weight is 719 g/mol. The Morgan fingerprint density at radius 2 is 1.67 bits per heavy atom. The first-order valence-corrected chi connectivity index (χ1v) is 20.4. The summed E-state index contributed by atoms with van der Waals surface area (Å²) < 4.78 is 27.0. The lowest BCUT2D eigenvalue weighted by Gasteiger charge is -2.63. The first-order chi connectivity index (χ1) is 21.6. The number of fused-ring (bicyclic) bond motifs is 3.